The number of esters is 2. The normalized spacial score (nSPS) is 10.0. The maximum atomic E-state index is 12.4. The van der Waals surface area contributed by atoms with E-state index in [0.717, 1.165) is 5.56 Å². The van der Waals surface area contributed by atoms with Crippen molar-refractivity contribution in [2.45, 2.75) is 20.0 Å². The highest BCUT2D eigenvalue weighted by atomic mass is 16.5. The maximum Gasteiger partial charge on any atom is 0.342 e. The summed E-state index contributed by atoms with van der Waals surface area (Å²) in [6.07, 6.45) is 0.487. The standard InChI is InChI=1S/C20H20O5/c1-4-14(2)19(21)25-16-10-11-18(23-3)17(12-16)20(22)24-13-15-8-6-5-7-9-15/h5-12H,2,4,13H2,1,3H3. The quantitative estimate of drug-likeness (QED) is 0.434. The minimum Gasteiger partial charge on any atom is -0.496 e. The molecule has 0 aliphatic rings. The molecule has 0 heterocycles. The zero-order valence-electron chi connectivity index (χ0n) is 14.3. The van der Waals surface area contributed by atoms with Crippen LogP contribution < -0.4 is 9.47 Å². The highest BCUT2D eigenvalue weighted by Crippen LogP contribution is 2.26. The number of hydrogen-bond acceptors (Lipinski definition) is 5. The lowest BCUT2D eigenvalue weighted by molar-refractivity contribution is -0.130. The van der Waals surface area contributed by atoms with Crippen LogP contribution in [0.4, 0.5) is 0 Å². The van der Waals surface area contributed by atoms with Gasteiger partial charge >= 0.3 is 11.9 Å². The lowest BCUT2D eigenvalue weighted by Crippen LogP contribution is -2.11. The first kappa shape index (κ1) is 18.3. The molecule has 0 aromatic heterocycles. The maximum absolute atomic E-state index is 12.4. The van der Waals surface area contributed by atoms with Crippen LogP contribution in [-0.2, 0) is 16.1 Å². The SMILES string of the molecule is C=C(CC)C(=O)Oc1ccc(OC)c(C(=O)OCc2ccccc2)c1. The molecule has 2 rings (SSSR count). The molecule has 0 saturated heterocycles. The van der Waals surface area contributed by atoms with Crippen LogP contribution in [0.15, 0.2) is 60.7 Å². The fourth-order valence-corrected chi connectivity index (χ4v) is 2.03. The van der Waals surface area contributed by atoms with Crippen molar-refractivity contribution in [1.82, 2.24) is 0 Å². The van der Waals surface area contributed by atoms with Crippen LogP contribution in [0.3, 0.4) is 0 Å². The van der Waals surface area contributed by atoms with Crippen molar-refractivity contribution in [3.63, 3.8) is 0 Å². The van der Waals surface area contributed by atoms with Gasteiger partial charge < -0.3 is 14.2 Å². The lowest BCUT2D eigenvalue weighted by Gasteiger charge is -2.11. The molecule has 5 heteroatoms. The molecule has 0 spiro atoms. The molecule has 0 bridgehead atoms. The summed E-state index contributed by atoms with van der Waals surface area (Å²) >= 11 is 0. The Labute approximate surface area is 146 Å². The Hall–Kier alpha value is -3.08. The molecule has 0 N–H and O–H groups in total. The Morgan fingerprint density at radius 3 is 2.44 bits per heavy atom. The van der Waals surface area contributed by atoms with E-state index in [9.17, 15) is 9.59 Å². The molecular weight excluding hydrogens is 320 g/mol. The Bertz CT molecular complexity index is 765. The van der Waals surface area contributed by atoms with Crippen LogP contribution in [-0.4, -0.2) is 19.0 Å². The number of carbonyl (C=O) groups is 2. The van der Waals surface area contributed by atoms with E-state index in [-0.39, 0.29) is 17.9 Å². The predicted octanol–water partition coefficient (Wildman–Crippen LogP) is 3.92. The fraction of sp³-hybridized carbons (Fsp3) is 0.200. The molecule has 2 aromatic rings. The summed E-state index contributed by atoms with van der Waals surface area (Å²) in [4.78, 5) is 24.2. The summed E-state index contributed by atoms with van der Waals surface area (Å²) in [6, 6.07) is 13.9. The zero-order chi connectivity index (χ0) is 18.2. The third-order valence-electron chi connectivity index (χ3n) is 3.53. The van der Waals surface area contributed by atoms with Crippen LogP contribution >= 0.6 is 0 Å². The third-order valence-corrected chi connectivity index (χ3v) is 3.53. The zero-order valence-corrected chi connectivity index (χ0v) is 14.3. The van der Waals surface area contributed by atoms with Crippen molar-refractivity contribution in [3.05, 3.63) is 71.8 Å². The van der Waals surface area contributed by atoms with Gasteiger partial charge in [-0.25, -0.2) is 9.59 Å². The van der Waals surface area contributed by atoms with Gasteiger partial charge in [0.15, 0.2) is 0 Å². The first-order valence-corrected chi connectivity index (χ1v) is 7.84. The van der Waals surface area contributed by atoms with Crippen LogP contribution in [0.1, 0.15) is 29.3 Å². The van der Waals surface area contributed by atoms with Gasteiger partial charge in [-0.3, -0.25) is 0 Å². The summed E-state index contributed by atoms with van der Waals surface area (Å²) in [7, 11) is 1.45. The van der Waals surface area contributed by atoms with Crippen LogP contribution in [0.5, 0.6) is 11.5 Å². The molecule has 0 aliphatic carbocycles. The largest absolute Gasteiger partial charge is 0.496 e. The van der Waals surface area contributed by atoms with E-state index in [1.807, 2.05) is 37.3 Å². The molecule has 0 aliphatic heterocycles. The Morgan fingerprint density at radius 2 is 1.80 bits per heavy atom. The summed E-state index contributed by atoms with van der Waals surface area (Å²) in [5.41, 5.74) is 1.41. The molecule has 0 saturated carbocycles. The van der Waals surface area contributed by atoms with Crippen molar-refractivity contribution in [2.75, 3.05) is 7.11 Å². The minimum atomic E-state index is -0.562. The number of methoxy groups -OCH3 is 1. The fourth-order valence-electron chi connectivity index (χ4n) is 2.03. The molecule has 0 amide bonds. The summed E-state index contributed by atoms with van der Waals surface area (Å²) < 4.78 is 15.7. The molecular formula is C20H20O5. The van der Waals surface area contributed by atoms with Crippen LogP contribution in [0.25, 0.3) is 0 Å². The Balaban J connectivity index is 2.14. The van der Waals surface area contributed by atoms with Gasteiger partial charge in [-0.15, -0.1) is 0 Å². The van der Waals surface area contributed by atoms with Gasteiger partial charge in [0.25, 0.3) is 0 Å². The molecule has 0 unspecified atom stereocenters. The smallest absolute Gasteiger partial charge is 0.342 e. The highest BCUT2D eigenvalue weighted by molar-refractivity contribution is 5.94. The van der Waals surface area contributed by atoms with Gasteiger partial charge in [-0.2, -0.15) is 0 Å². The highest BCUT2D eigenvalue weighted by Gasteiger charge is 2.17. The van der Waals surface area contributed by atoms with Gasteiger partial charge in [0, 0.05) is 5.57 Å². The van der Waals surface area contributed by atoms with Crippen LogP contribution in [0, 0.1) is 0 Å². The second-order valence-electron chi connectivity index (χ2n) is 5.27. The lowest BCUT2D eigenvalue weighted by atomic mass is 10.2. The third kappa shape index (κ3) is 4.94. The van der Waals surface area contributed by atoms with Gasteiger partial charge in [0.2, 0.25) is 0 Å². The van der Waals surface area contributed by atoms with E-state index in [1.165, 1.54) is 13.2 Å². The van der Waals surface area contributed by atoms with Crippen molar-refractivity contribution < 1.29 is 23.8 Å². The van der Waals surface area contributed by atoms with E-state index in [1.54, 1.807) is 12.1 Å². The molecule has 130 valence electrons. The first-order chi connectivity index (χ1) is 12.0. The van der Waals surface area contributed by atoms with Gasteiger partial charge in [-0.1, -0.05) is 43.8 Å². The second kappa shape index (κ2) is 8.68. The first-order valence-electron chi connectivity index (χ1n) is 7.84. The number of ether oxygens (including phenoxy) is 3. The number of carbonyl (C=O) groups excluding carboxylic acids is 2. The summed E-state index contributed by atoms with van der Waals surface area (Å²) in [5.74, 6) is -0.525. The summed E-state index contributed by atoms with van der Waals surface area (Å²) in [6.45, 7) is 5.58. The Kier molecular flexibility index (Phi) is 6.34. The average molecular weight is 340 g/mol. The predicted molar refractivity (Wildman–Crippen MR) is 93.6 cm³/mol. The molecule has 0 fully saturated rings. The molecule has 25 heavy (non-hydrogen) atoms. The van der Waals surface area contributed by atoms with Crippen molar-refractivity contribution >= 4 is 11.9 Å². The van der Waals surface area contributed by atoms with Gasteiger partial charge in [0.1, 0.15) is 23.7 Å². The van der Waals surface area contributed by atoms with Crippen LogP contribution in [0.2, 0.25) is 0 Å². The number of hydrogen-bond donors (Lipinski definition) is 0. The molecule has 2 aromatic carbocycles. The molecule has 0 radical (unpaired) electrons. The van der Waals surface area contributed by atoms with Crippen molar-refractivity contribution in [3.8, 4) is 11.5 Å². The second-order valence-corrected chi connectivity index (χ2v) is 5.27. The molecule has 5 nitrogen and oxygen atoms in total. The van der Waals surface area contributed by atoms with Crippen molar-refractivity contribution in [1.29, 1.82) is 0 Å². The molecule has 0 atom stereocenters. The van der Waals surface area contributed by atoms with E-state index >= 15 is 0 Å². The number of benzene rings is 2. The van der Waals surface area contributed by atoms with Gasteiger partial charge in [0.05, 0.1) is 7.11 Å². The van der Waals surface area contributed by atoms with E-state index in [0.29, 0.717) is 17.7 Å². The topological polar surface area (TPSA) is 61.8 Å². The average Bonchev–Trinajstić information content (AvgIpc) is 2.66. The minimum absolute atomic E-state index is 0.138. The monoisotopic (exact) mass is 340 g/mol. The summed E-state index contributed by atoms with van der Waals surface area (Å²) in [5, 5.41) is 0. The number of rotatable bonds is 7. The Morgan fingerprint density at radius 1 is 1.08 bits per heavy atom. The van der Waals surface area contributed by atoms with E-state index < -0.39 is 11.9 Å². The van der Waals surface area contributed by atoms with E-state index in [4.69, 9.17) is 14.2 Å². The van der Waals surface area contributed by atoms with Crippen molar-refractivity contribution in [2.24, 2.45) is 0 Å². The van der Waals surface area contributed by atoms with E-state index in [2.05, 4.69) is 6.58 Å². The van der Waals surface area contributed by atoms with Gasteiger partial charge in [-0.05, 0) is 30.2 Å².